The number of aromatic hydroxyl groups is 1. The van der Waals surface area contributed by atoms with Gasteiger partial charge < -0.3 is 5.11 Å². The average molecular weight is 333 g/mol. The fourth-order valence-corrected chi connectivity index (χ4v) is 3.01. The number of nitrogens with zero attached hydrogens (tertiary/aromatic N) is 1. The Morgan fingerprint density at radius 2 is 1.52 bits per heavy atom. The first kappa shape index (κ1) is 15.3. The van der Waals surface area contributed by atoms with Gasteiger partial charge >= 0.3 is 0 Å². The highest BCUT2D eigenvalue weighted by molar-refractivity contribution is 7.86. The van der Waals surface area contributed by atoms with E-state index in [0.717, 1.165) is 18.2 Å². The molecule has 0 bridgehead atoms. The van der Waals surface area contributed by atoms with Gasteiger partial charge in [-0.05, 0) is 23.4 Å². The molecule has 0 aliphatic heterocycles. The van der Waals surface area contributed by atoms with Crippen LogP contribution in [-0.2, 0) is 20.2 Å². The number of fused-ring (bicyclic) bond motifs is 1. The van der Waals surface area contributed by atoms with Gasteiger partial charge in [-0.3, -0.25) is 9.11 Å². The van der Waals surface area contributed by atoms with Crippen molar-refractivity contribution in [3.8, 4) is 5.75 Å². The van der Waals surface area contributed by atoms with E-state index in [-0.39, 0.29) is 10.8 Å². The zero-order valence-corrected chi connectivity index (χ0v) is 11.6. The van der Waals surface area contributed by atoms with Crippen molar-refractivity contribution in [3.63, 3.8) is 0 Å². The predicted molar refractivity (Wildman–Crippen MR) is 70.7 cm³/mol. The molecule has 2 aromatic carbocycles. The lowest BCUT2D eigenvalue weighted by molar-refractivity contribution is 0.480. The minimum atomic E-state index is -4.75. The summed E-state index contributed by atoms with van der Waals surface area (Å²) >= 11 is 0. The smallest absolute Gasteiger partial charge is 0.295 e. The third-order valence-corrected chi connectivity index (χ3v) is 4.44. The van der Waals surface area contributed by atoms with E-state index >= 15 is 0 Å². The Morgan fingerprint density at radius 3 is 2.00 bits per heavy atom. The summed E-state index contributed by atoms with van der Waals surface area (Å²) in [4.78, 5) is 9.22. The van der Waals surface area contributed by atoms with Gasteiger partial charge in [-0.1, -0.05) is 6.07 Å². The molecule has 0 unspecified atom stereocenters. The van der Waals surface area contributed by atoms with E-state index in [2.05, 4.69) is 5.18 Å². The molecule has 0 saturated carbocycles. The molecule has 0 atom stereocenters. The van der Waals surface area contributed by atoms with Crippen molar-refractivity contribution < 1.29 is 31.0 Å². The number of rotatable bonds is 3. The molecule has 0 aromatic heterocycles. The second-order valence-electron chi connectivity index (χ2n) is 3.99. The van der Waals surface area contributed by atoms with E-state index in [1.54, 1.807) is 0 Å². The first-order chi connectivity index (χ1) is 9.55. The lowest BCUT2D eigenvalue weighted by atomic mass is 10.1. The van der Waals surface area contributed by atoms with Crippen molar-refractivity contribution in [2.45, 2.75) is 9.79 Å². The first-order valence-electron chi connectivity index (χ1n) is 5.14. The average Bonchev–Trinajstić information content (AvgIpc) is 2.36. The summed E-state index contributed by atoms with van der Waals surface area (Å²) in [5.41, 5.74) is -0.706. The van der Waals surface area contributed by atoms with Crippen molar-refractivity contribution in [1.82, 2.24) is 0 Å². The van der Waals surface area contributed by atoms with Gasteiger partial charge in [0.2, 0.25) is 0 Å². The molecule has 0 heterocycles. The molecule has 0 fully saturated rings. The summed E-state index contributed by atoms with van der Waals surface area (Å²) in [6.07, 6.45) is 0. The van der Waals surface area contributed by atoms with Gasteiger partial charge in [-0.15, -0.1) is 4.91 Å². The molecule has 0 spiro atoms. The van der Waals surface area contributed by atoms with Crippen LogP contribution in [0.5, 0.6) is 5.75 Å². The molecule has 0 aliphatic rings. The van der Waals surface area contributed by atoms with Crippen molar-refractivity contribution in [3.05, 3.63) is 29.2 Å². The Balaban J connectivity index is 3.04. The summed E-state index contributed by atoms with van der Waals surface area (Å²) in [6.45, 7) is 0. The lowest BCUT2D eigenvalue weighted by Gasteiger charge is -2.08. The van der Waals surface area contributed by atoms with Gasteiger partial charge in [0.1, 0.15) is 4.90 Å². The van der Waals surface area contributed by atoms with E-state index < -0.39 is 41.5 Å². The minimum Gasteiger partial charge on any atom is -0.505 e. The quantitative estimate of drug-likeness (QED) is 0.562. The summed E-state index contributed by atoms with van der Waals surface area (Å²) in [5, 5.41) is 11.6. The van der Waals surface area contributed by atoms with Crippen molar-refractivity contribution in [1.29, 1.82) is 0 Å². The van der Waals surface area contributed by atoms with E-state index in [1.807, 2.05) is 0 Å². The van der Waals surface area contributed by atoms with Gasteiger partial charge in [-0.2, -0.15) is 16.8 Å². The van der Waals surface area contributed by atoms with Crippen LogP contribution in [0.3, 0.4) is 0 Å². The van der Waals surface area contributed by atoms with Crippen LogP contribution in [0.15, 0.2) is 39.2 Å². The molecule has 0 aliphatic carbocycles. The van der Waals surface area contributed by atoms with E-state index in [1.165, 1.54) is 0 Å². The minimum absolute atomic E-state index is 0.241. The molecule has 3 N–H and O–H groups in total. The Labute approximate surface area is 118 Å². The summed E-state index contributed by atoms with van der Waals surface area (Å²) in [6, 6.07) is 3.23. The van der Waals surface area contributed by atoms with Gasteiger partial charge in [0.05, 0.1) is 4.90 Å². The molecule has 2 aromatic rings. The zero-order valence-electron chi connectivity index (χ0n) is 9.96. The van der Waals surface area contributed by atoms with E-state index in [4.69, 9.17) is 9.11 Å². The first-order valence-corrected chi connectivity index (χ1v) is 8.02. The molecule has 11 heteroatoms. The molecule has 0 radical (unpaired) electrons. The largest absolute Gasteiger partial charge is 0.505 e. The number of phenols is 1. The highest BCUT2D eigenvalue weighted by Crippen LogP contribution is 2.39. The Hall–Kier alpha value is -2.08. The monoisotopic (exact) mass is 333 g/mol. The predicted octanol–water partition coefficient (Wildman–Crippen LogP) is 1.44. The van der Waals surface area contributed by atoms with Crippen LogP contribution in [0.1, 0.15) is 0 Å². The van der Waals surface area contributed by atoms with Crippen molar-refractivity contribution in [2.24, 2.45) is 5.18 Å². The summed E-state index contributed by atoms with van der Waals surface area (Å²) in [7, 11) is -9.36. The van der Waals surface area contributed by atoms with Gasteiger partial charge in [-0.25, -0.2) is 0 Å². The third kappa shape index (κ3) is 2.71. The molecule has 2 rings (SSSR count). The molecule has 0 saturated heterocycles. The number of hydrogen-bond donors (Lipinski definition) is 3. The fourth-order valence-electron chi connectivity index (χ4n) is 1.79. The number of nitroso groups, excluding NO2 is 1. The van der Waals surface area contributed by atoms with E-state index in [9.17, 15) is 26.8 Å². The summed E-state index contributed by atoms with van der Waals surface area (Å²) < 4.78 is 62.7. The van der Waals surface area contributed by atoms with Gasteiger partial charge in [0.25, 0.3) is 20.2 Å². The van der Waals surface area contributed by atoms with Crippen LogP contribution in [0, 0.1) is 4.91 Å². The standard InChI is InChI=1S/C10H7NO8S2/c12-10-7-3-5(20(14,15)16)1-2-6(7)9(21(17,18)19)4-8(10)11-13/h1-4,12H,(H,14,15,16)(H,17,18,19). The van der Waals surface area contributed by atoms with Crippen LogP contribution < -0.4 is 0 Å². The highest BCUT2D eigenvalue weighted by Gasteiger charge is 2.22. The SMILES string of the molecule is O=Nc1cc(S(=O)(=O)O)c2ccc(S(=O)(=O)O)cc2c1O. The van der Waals surface area contributed by atoms with Crippen LogP contribution in [-0.4, -0.2) is 31.0 Å². The molecule has 9 nitrogen and oxygen atoms in total. The molecular formula is C10H7NO8S2. The molecule has 21 heavy (non-hydrogen) atoms. The van der Waals surface area contributed by atoms with Crippen LogP contribution in [0.25, 0.3) is 10.8 Å². The maximum absolute atomic E-state index is 11.3. The second-order valence-corrected chi connectivity index (χ2v) is 6.80. The fraction of sp³-hybridized carbons (Fsp3) is 0. The van der Waals surface area contributed by atoms with E-state index in [0.29, 0.717) is 6.07 Å². The Kier molecular flexibility index (Phi) is 3.45. The highest BCUT2D eigenvalue weighted by atomic mass is 32.2. The molecular weight excluding hydrogens is 326 g/mol. The van der Waals surface area contributed by atoms with Crippen molar-refractivity contribution >= 4 is 36.7 Å². The van der Waals surface area contributed by atoms with Crippen LogP contribution in [0.2, 0.25) is 0 Å². The number of hydrogen-bond acceptors (Lipinski definition) is 7. The summed E-state index contributed by atoms with van der Waals surface area (Å²) in [5.74, 6) is -0.780. The van der Waals surface area contributed by atoms with Crippen LogP contribution >= 0.6 is 0 Å². The Bertz CT molecular complexity index is 962. The second kappa shape index (κ2) is 4.73. The normalized spacial score (nSPS) is 12.5. The Morgan fingerprint density at radius 1 is 0.905 bits per heavy atom. The van der Waals surface area contributed by atoms with Crippen LogP contribution in [0.4, 0.5) is 5.69 Å². The number of benzene rings is 2. The maximum atomic E-state index is 11.3. The van der Waals surface area contributed by atoms with Gasteiger partial charge in [0.15, 0.2) is 11.4 Å². The van der Waals surface area contributed by atoms with Gasteiger partial charge in [0, 0.05) is 10.8 Å². The topological polar surface area (TPSA) is 158 Å². The molecule has 0 amide bonds. The lowest BCUT2D eigenvalue weighted by Crippen LogP contribution is -2.01. The van der Waals surface area contributed by atoms with Crippen molar-refractivity contribution in [2.75, 3.05) is 0 Å². The third-order valence-electron chi connectivity index (χ3n) is 2.70. The molecule has 112 valence electrons. The zero-order chi connectivity index (χ0) is 16.0. The maximum Gasteiger partial charge on any atom is 0.295 e. The number of phenolic OH excluding ortho intramolecular Hbond substituents is 1.